The zero-order valence-corrected chi connectivity index (χ0v) is 15.3. The summed E-state index contributed by atoms with van der Waals surface area (Å²) in [7, 11) is 0. The van der Waals surface area contributed by atoms with Gasteiger partial charge in [-0.2, -0.15) is 5.10 Å². The number of amides is 1. The van der Waals surface area contributed by atoms with Crippen LogP contribution < -0.4 is 14.9 Å². The molecule has 1 aromatic rings. The van der Waals surface area contributed by atoms with Gasteiger partial charge in [0.2, 0.25) is 0 Å². The lowest BCUT2D eigenvalue weighted by molar-refractivity contribution is -0.123. The summed E-state index contributed by atoms with van der Waals surface area (Å²) in [6, 6.07) is 3.49. The van der Waals surface area contributed by atoms with E-state index in [1.165, 1.54) is 6.21 Å². The van der Waals surface area contributed by atoms with E-state index in [-0.39, 0.29) is 5.91 Å². The molecule has 0 saturated carbocycles. The largest absolute Gasteiger partial charge is 0.490 e. The van der Waals surface area contributed by atoms with Crippen LogP contribution in [0.3, 0.4) is 0 Å². The van der Waals surface area contributed by atoms with Crippen molar-refractivity contribution in [1.29, 1.82) is 0 Å². The van der Waals surface area contributed by atoms with E-state index in [4.69, 9.17) is 25.8 Å². The molecular weight excluding hydrogens is 346 g/mol. The number of hydrogen-bond acceptors (Lipinski definition) is 6. The molecule has 1 saturated heterocycles. The first-order valence-corrected chi connectivity index (χ1v) is 8.73. The molecule has 0 unspecified atom stereocenters. The highest BCUT2D eigenvalue weighted by Crippen LogP contribution is 2.36. The van der Waals surface area contributed by atoms with Gasteiger partial charge in [-0.1, -0.05) is 11.6 Å². The van der Waals surface area contributed by atoms with Crippen molar-refractivity contribution in [2.24, 2.45) is 5.10 Å². The monoisotopic (exact) mass is 369 g/mol. The second-order valence-electron chi connectivity index (χ2n) is 5.38. The van der Waals surface area contributed by atoms with E-state index in [9.17, 15) is 4.79 Å². The van der Waals surface area contributed by atoms with Gasteiger partial charge in [0.1, 0.15) is 0 Å². The van der Waals surface area contributed by atoms with Gasteiger partial charge in [0.15, 0.2) is 11.5 Å². The minimum absolute atomic E-state index is 0.166. The lowest BCUT2D eigenvalue weighted by atomic mass is 10.2. The molecule has 138 valence electrons. The summed E-state index contributed by atoms with van der Waals surface area (Å²) >= 11 is 6.25. The highest BCUT2D eigenvalue weighted by molar-refractivity contribution is 6.32. The summed E-state index contributed by atoms with van der Waals surface area (Å²) in [5, 5.41) is 4.43. The number of carbonyl (C=O) groups excluding carboxylic acids is 1. The van der Waals surface area contributed by atoms with Gasteiger partial charge in [-0.25, -0.2) is 5.43 Å². The third-order valence-electron chi connectivity index (χ3n) is 3.49. The molecule has 1 fully saturated rings. The second-order valence-corrected chi connectivity index (χ2v) is 5.78. The van der Waals surface area contributed by atoms with Crippen LogP contribution in [-0.4, -0.2) is 63.1 Å². The van der Waals surface area contributed by atoms with Gasteiger partial charge in [0.25, 0.3) is 5.91 Å². The van der Waals surface area contributed by atoms with Gasteiger partial charge in [-0.15, -0.1) is 0 Å². The van der Waals surface area contributed by atoms with Crippen molar-refractivity contribution in [3.63, 3.8) is 0 Å². The fraction of sp³-hybridized carbons (Fsp3) is 0.529. The number of ether oxygens (including phenoxy) is 3. The first-order chi connectivity index (χ1) is 12.1. The van der Waals surface area contributed by atoms with Crippen molar-refractivity contribution in [2.75, 3.05) is 46.1 Å². The van der Waals surface area contributed by atoms with Crippen LogP contribution in [0, 0.1) is 0 Å². The molecule has 1 amide bonds. The van der Waals surface area contributed by atoms with E-state index in [1.807, 2.05) is 18.7 Å². The van der Waals surface area contributed by atoms with Gasteiger partial charge in [0.05, 0.1) is 44.2 Å². The summed E-state index contributed by atoms with van der Waals surface area (Å²) in [6.07, 6.45) is 1.53. The number of rotatable bonds is 8. The Morgan fingerprint density at radius 1 is 1.32 bits per heavy atom. The van der Waals surface area contributed by atoms with Gasteiger partial charge in [0, 0.05) is 13.1 Å². The maximum Gasteiger partial charge on any atom is 0.254 e. The first kappa shape index (κ1) is 19.5. The lowest BCUT2D eigenvalue weighted by Gasteiger charge is -2.25. The quantitative estimate of drug-likeness (QED) is 0.560. The maximum atomic E-state index is 11.9. The van der Waals surface area contributed by atoms with Crippen LogP contribution in [0.15, 0.2) is 17.2 Å². The SMILES string of the molecule is CCOc1cc(/C=N/NC(=O)CN2CCOCC2)cc(Cl)c1OCC. The van der Waals surface area contributed by atoms with Gasteiger partial charge < -0.3 is 14.2 Å². The molecule has 1 heterocycles. The molecule has 0 spiro atoms. The highest BCUT2D eigenvalue weighted by atomic mass is 35.5. The molecule has 25 heavy (non-hydrogen) atoms. The minimum Gasteiger partial charge on any atom is -0.490 e. The Morgan fingerprint density at radius 2 is 2.04 bits per heavy atom. The Labute approximate surface area is 152 Å². The molecule has 0 aromatic heterocycles. The average molecular weight is 370 g/mol. The molecule has 0 bridgehead atoms. The summed E-state index contributed by atoms with van der Waals surface area (Å²) in [4.78, 5) is 13.9. The fourth-order valence-electron chi connectivity index (χ4n) is 2.39. The normalized spacial score (nSPS) is 15.3. The van der Waals surface area contributed by atoms with Crippen molar-refractivity contribution in [2.45, 2.75) is 13.8 Å². The summed E-state index contributed by atoms with van der Waals surface area (Å²) in [5.41, 5.74) is 3.23. The van der Waals surface area contributed by atoms with Gasteiger partial charge >= 0.3 is 0 Å². The Bertz CT molecular complexity index is 604. The Hall–Kier alpha value is -1.83. The number of halogens is 1. The number of hydrazone groups is 1. The van der Waals surface area contributed by atoms with Crippen molar-refractivity contribution in [3.8, 4) is 11.5 Å². The molecule has 1 aromatic carbocycles. The van der Waals surface area contributed by atoms with Gasteiger partial charge in [-0.05, 0) is 31.5 Å². The first-order valence-electron chi connectivity index (χ1n) is 8.35. The van der Waals surface area contributed by atoms with E-state index in [1.54, 1.807) is 12.1 Å². The fourth-order valence-corrected chi connectivity index (χ4v) is 2.66. The number of benzene rings is 1. The van der Waals surface area contributed by atoms with Crippen LogP contribution in [0.4, 0.5) is 0 Å². The third-order valence-corrected chi connectivity index (χ3v) is 3.77. The second kappa shape index (κ2) is 10.2. The number of nitrogens with zero attached hydrogens (tertiary/aromatic N) is 2. The number of morpholine rings is 1. The Balaban J connectivity index is 1.96. The molecule has 1 N–H and O–H groups in total. The molecule has 0 atom stereocenters. The summed E-state index contributed by atoms with van der Waals surface area (Å²) in [5.74, 6) is 0.901. The zero-order valence-electron chi connectivity index (χ0n) is 14.6. The van der Waals surface area contributed by atoms with Crippen molar-refractivity contribution < 1.29 is 19.0 Å². The minimum atomic E-state index is -0.166. The topological polar surface area (TPSA) is 72.4 Å². The predicted octanol–water partition coefficient (Wildman–Crippen LogP) is 1.92. The van der Waals surface area contributed by atoms with E-state index in [2.05, 4.69) is 10.5 Å². The number of carbonyl (C=O) groups is 1. The highest BCUT2D eigenvalue weighted by Gasteiger charge is 2.14. The smallest absolute Gasteiger partial charge is 0.254 e. The predicted molar refractivity (Wildman–Crippen MR) is 96.8 cm³/mol. The summed E-state index contributed by atoms with van der Waals surface area (Å²) in [6.45, 7) is 7.87. The number of hydrogen-bond donors (Lipinski definition) is 1. The van der Waals surface area contributed by atoms with Crippen molar-refractivity contribution >= 4 is 23.7 Å². The molecular formula is C17H24ClN3O4. The molecule has 8 heteroatoms. The van der Waals surface area contributed by atoms with Crippen LogP contribution in [0.5, 0.6) is 11.5 Å². The van der Waals surface area contributed by atoms with E-state index in [0.29, 0.717) is 55.1 Å². The third kappa shape index (κ3) is 6.19. The Morgan fingerprint density at radius 3 is 2.72 bits per heavy atom. The lowest BCUT2D eigenvalue weighted by Crippen LogP contribution is -2.42. The van der Waals surface area contributed by atoms with Crippen LogP contribution >= 0.6 is 11.6 Å². The van der Waals surface area contributed by atoms with Crippen molar-refractivity contribution in [1.82, 2.24) is 10.3 Å². The molecule has 1 aliphatic heterocycles. The van der Waals surface area contributed by atoms with E-state index >= 15 is 0 Å². The molecule has 2 rings (SSSR count). The average Bonchev–Trinajstić information content (AvgIpc) is 2.59. The van der Waals surface area contributed by atoms with Gasteiger partial charge in [-0.3, -0.25) is 9.69 Å². The van der Waals surface area contributed by atoms with E-state index in [0.717, 1.165) is 13.1 Å². The molecule has 1 aliphatic rings. The van der Waals surface area contributed by atoms with Crippen LogP contribution in [0.2, 0.25) is 5.02 Å². The number of nitrogens with one attached hydrogen (secondary N) is 1. The summed E-state index contributed by atoms with van der Waals surface area (Å²) < 4.78 is 16.3. The molecule has 0 radical (unpaired) electrons. The van der Waals surface area contributed by atoms with Crippen LogP contribution in [0.25, 0.3) is 0 Å². The van der Waals surface area contributed by atoms with Crippen molar-refractivity contribution in [3.05, 3.63) is 22.7 Å². The standard InChI is InChI=1S/C17H24ClN3O4/c1-3-24-15-10-13(9-14(18)17(15)25-4-2)11-19-20-16(22)12-21-5-7-23-8-6-21/h9-11H,3-8,12H2,1-2H3,(H,20,22)/b19-11+. The molecule has 7 nitrogen and oxygen atoms in total. The van der Waals surface area contributed by atoms with Crippen LogP contribution in [0.1, 0.15) is 19.4 Å². The molecule has 0 aliphatic carbocycles. The van der Waals surface area contributed by atoms with Crippen LogP contribution in [-0.2, 0) is 9.53 Å². The Kier molecular flexibility index (Phi) is 7.97. The van der Waals surface area contributed by atoms with E-state index < -0.39 is 0 Å². The maximum absolute atomic E-state index is 11.9. The zero-order chi connectivity index (χ0) is 18.1.